The molecule has 2 N–H and O–H groups in total. The van der Waals surface area contributed by atoms with E-state index in [0.29, 0.717) is 37.3 Å². The number of nitrogens with one attached hydrogen (secondary N) is 1. The lowest BCUT2D eigenvalue weighted by Crippen LogP contribution is -2.34. The van der Waals surface area contributed by atoms with Crippen LogP contribution < -0.4 is 5.32 Å². The average molecular weight is 486 g/mol. The van der Waals surface area contributed by atoms with Gasteiger partial charge in [-0.3, -0.25) is 9.59 Å². The number of halogens is 1. The quantitative estimate of drug-likeness (QED) is 0.570. The smallest absolute Gasteiger partial charge is 0.306 e. The first kappa shape index (κ1) is 25.8. The number of carbonyl (C=O) groups excluding carboxylic acids is 1. The number of benzene rings is 1. The Labute approximate surface area is 205 Å². The number of aromatic nitrogens is 2. The predicted molar refractivity (Wildman–Crippen MR) is 131 cm³/mol. The Kier molecular flexibility index (Phi) is 8.40. The van der Waals surface area contributed by atoms with Crippen molar-refractivity contribution in [3.8, 4) is 11.8 Å². The number of carboxylic acids is 1. The Balaban J connectivity index is 1.83. The van der Waals surface area contributed by atoms with Crippen molar-refractivity contribution in [2.75, 3.05) is 13.7 Å². The maximum Gasteiger partial charge on any atom is 0.306 e. The van der Waals surface area contributed by atoms with E-state index in [2.05, 4.69) is 22.1 Å². The lowest BCUT2D eigenvalue weighted by Gasteiger charge is -2.26. The number of hydrogen-bond acceptors (Lipinski definition) is 4. The fourth-order valence-electron chi connectivity index (χ4n) is 3.96. The van der Waals surface area contributed by atoms with Gasteiger partial charge in [0.25, 0.3) is 5.91 Å². The Morgan fingerprint density at radius 2 is 1.88 bits per heavy atom. The zero-order chi connectivity index (χ0) is 24.9. The van der Waals surface area contributed by atoms with E-state index >= 15 is 0 Å². The van der Waals surface area contributed by atoms with Crippen molar-refractivity contribution >= 4 is 23.5 Å². The van der Waals surface area contributed by atoms with E-state index in [4.69, 9.17) is 16.3 Å². The third-order valence-electron chi connectivity index (χ3n) is 6.34. The average Bonchev–Trinajstić information content (AvgIpc) is 3.13. The molecule has 1 amide bonds. The summed E-state index contributed by atoms with van der Waals surface area (Å²) in [5.41, 5.74) is 2.04. The first-order valence-corrected chi connectivity index (χ1v) is 11.9. The molecule has 3 rings (SSSR count). The molecule has 0 atom stereocenters. The molecule has 7 nitrogen and oxygen atoms in total. The minimum absolute atomic E-state index is 0.187. The highest BCUT2D eigenvalue weighted by atomic mass is 35.5. The zero-order valence-corrected chi connectivity index (χ0v) is 20.9. The summed E-state index contributed by atoms with van der Waals surface area (Å²) >= 11 is 6.47. The van der Waals surface area contributed by atoms with Crippen LogP contribution in [0.5, 0.6) is 0 Å². The van der Waals surface area contributed by atoms with Crippen molar-refractivity contribution < 1.29 is 19.4 Å². The summed E-state index contributed by atoms with van der Waals surface area (Å²) in [6.07, 6.45) is 2.82. The Morgan fingerprint density at radius 3 is 2.47 bits per heavy atom. The fraction of sp³-hybridized carbons (Fsp3) is 0.500. The van der Waals surface area contributed by atoms with Gasteiger partial charge in [0.2, 0.25) is 5.28 Å². The first-order chi connectivity index (χ1) is 16.1. The van der Waals surface area contributed by atoms with Crippen molar-refractivity contribution in [1.29, 1.82) is 0 Å². The maximum atomic E-state index is 13.3. The Morgan fingerprint density at radius 1 is 1.24 bits per heavy atom. The number of carbonyl (C=O) groups is 2. The summed E-state index contributed by atoms with van der Waals surface area (Å²) < 4.78 is 7.05. The van der Waals surface area contributed by atoms with Gasteiger partial charge in [-0.2, -0.15) is 0 Å². The highest BCUT2D eigenvalue weighted by Crippen LogP contribution is 2.28. The Hall–Kier alpha value is -2.82. The fourth-order valence-corrected chi connectivity index (χ4v) is 4.19. The molecule has 1 aromatic heterocycles. The maximum absolute atomic E-state index is 13.3. The predicted octanol–water partition coefficient (Wildman–Crippen LogP) is 4.29. The molecule has 0 aliphatic heterocycles. The normalized spacial score (nSPS) is 18.1. The van der Waals surface area contributed by atoms with Gasteiger partial charge in [0.15, 0.2) is 0 Å². The number of ether oxygens (including phenoxy) is 1. The van der Waals surface area contributed by atoms with Crippen LogP contribution in [-0.2, 0) is 16.1 Å². The van der Waals surface area contributed by atoms with Crippen LogP contribution >= 0.6 is 11.6 Å². The molecule has 182 valence electrons. The van der Waals surface area contributed by atoms with Crippen LogP contribution in [0.3, 0.4) is 0 Å². The van der Waals surface area contributed by atoms with Crippen molar-refractivity contribution in [3.05, 3.63) is 52.1 Å². The molecule has 0 saturated heterocycles. The number of nitrogens with zero attached hydrogens (tertiary/aromatic N) is 2. The number of carboxylic acid groups (broad SMARTS) is 1. The molecule has 34 heavy (non-hydrogen) atoms. The second-order valence-electron chi connectivity index (χ2n) is 9.38. The van der Waals surface area contributed by atoms with Crippen LogP contribution in [0, 0.1) is 30.6 Å². The van der Waals surface area contributed by atoms with Crippen LogP contribution in [-0.4, -0.2) is 45.8 Å². The minimum Gasteiger partial charge on any atom is -0.481 e. The van der Waals surface area contributed by atoms with Gasteiger partial charge in [-0.1, -0.05) is 35.7 Å². The van der Waals surface area contributed by atoms with E-state index in [1.165, 1.54) is 0 Å². The van der Waals surface area contributed by atoms with E-state index in [1.54, 1.807) is 11.7 Å². The number of imidazole rings is 1. The molecule has 1 aromatic carbocycles. The van der Waals surface area contributed by atoms with E-state index < -0.39 is 11.6 Å². The van der Waals surface area contributed by atoms with E-state index in [0.717, 1.165) is 24.0 Å². The van der Waals surface area contributed by atoms with E-state index in [1.807, 2.05) is 45.0 Å². The van der Waals surface area contributed by atoms with Crippen molar-refractivity contribution in [3.63, 3.8) is 0 Å². The zero-order valence-electron chi connectivity index (χ0n) is 20.2. The van der Waals surface area contributed by atoms with Gasteiger partial charge >= 0.3 is 5.97 Å². The minimum atomic E-state index is -0.737. The SMILES string of the molecule is COC(C)(C)C#Cc1nc(Cl)n(Cc2ccc(C)cc2)c1C(=O)NCC1CCC(C(=O)O)CC1. The lowest BCUT2D eigenvalue weighted by atomic mass is 9.82. The molecule has 1 saturated carbocycles. The third-order valence-corrected chi connectivity index (χ3v) is 6.63. The number of aryl methyl sites for hydroxylation is 1. The molecule has 2 aromatic rings. The van der Waals surface area contributed by atoms with Gasteiger partial charge in [-0.25, -0.2) is 4.98 Å². The highest BCUT2D eigenvalue weighted by Gasteiger charge is 2.27. The summed E-state index contributed by atoms with van der Waals surface area (Å²) in [6.45, 7) is 6.53. The highest BCUT2D eigenvalue weighted by molar-refractivity contribution is 6.29. The van der Waals surface area contributed by atoms with Crippen molar-refractivity contribution in [2.24, 2.45) is 11.8 Å². The molecule has 0 radical (unpaired) electrons. The molecule has 0 unspecified atom stereocenters. The van der Waals surface area contributed by atoms with Crippen LogP contribution in [0.4, 0.5) is 0 Å². The molecular weight excluding hydrogens is 454 g/mol. The summed E-state index contributed by atoms with van der Waals surface area (Å²) in [7, 11) is 1.57. The summed E-state index contributed by atoms with van der Waals surface area (Å²) in [6, 6.07) is 8.01. The molecule has 0 spiro atoms. The van der Waals surface area contributed by atoms with E-state index in [9.17, 15) is 14.7 Å². The van der Waals surface area contributed by atoms with Gasteiger partial charge < -0.3 is 19.7 Å². The molecule has 1 aliphatic carbocycles. The van der Waals surface area contributed by atoms with Crippen LogP contribution in [0.15, 0.2) is 24.3 Å². The van der Waals surface area contributed by atoms with Gasteiger partial charge in [0.1, 0.15) is 17.0 Å². The van der Waals surface area contributed by atoms with Crippen LogP contribution in [0.25, 0.3) is 0 Å². The third kappa shape index (κ3) is 6.62. The summed E-state index contributed by atoms with van der Waals surface area (Å²) in [5.74, 6) is 4.91. The second-order valence-corrected chi connectivity index (χ2v) is 9.72. The number of amides is 1. The first-order valence-electron chi connectivity index (χ1n) is 11.5. The van der Waals surface area contributed by atoms with Gasteiger partial charge in [0, 0.05) is 13.7 Å². The number of rotatable bonds is 7. The number of methoxy groups -OCH3 is 1. The summed E-state index contributed by atoms with van der Waals surface area (Å²) in [5, 5.41) is 12.4. The van der Waals surface area contributed by atoms with Gasteiger partial charge in [-0.15, -0.1) is 0 Å². The van der Waals surface area contributed by atoms with Crippen LogP contribution in [0.2, 0.25) is 5.28 Å². The second kappa shape index (κ2) is 11.1. The molecule has 0 bridgehead atoms. The standard InChI is InChI=1S/C26H32ClN3O4/c1-17-5-7-19(8-6-17)16-30-22(21(29-25(30)27)13-14-26(2,3)34-4)23(31)28-15-18-9-11-20(12-10-18)24(32)33/h5-8,18,20H,9-12,15-16H2,1-4H3,(H,28,31)(H,32,33). The molecule has 8 heteroatoms. The lowest BCUT2D eigenvalue weighted by molar-refractivity contribution is -0.143. The summed E-state index contributed by atoms with van der Waals surface area (Å²) in [4.78, 5) is 28.9. The molecule has 1 fully saturated rings. The molecule has 1 aliphatic rings. The van der Waals surface area contributed by atoms with Gasteiger partial charge in [0.05, 0.1) is 12.5 Å². The van der Waals surface area contributed by atoms with Crippen molar-refractivity contribution in [2.45, 2.75) is 58.6 Å². The monoisotopic (exact) mass is 485 g/mol. The topological polar surface area (TPSA) is 93.5 Å². The Bertz CT molecular complexity index is 1090. The van der Waals surface area contributed by atoms with Gasteiger partial charge in [-0.05, 0) is 75.5 Å². The largest absolute Gasteiger partial charge is 0.481 e. The molecular formula is C26H32ClN3O4. The van der Waals surface area contributed by atoms with E-state index in [-0.39, 0.29) is 23.0 Å². The van der Waals surface area contributed by atoms with Crippen LogP contribution in [0.1, 0.15) is 66.8 Å². The van der Waals surface area contributed by atoms with Crippen molar-refractivity contribution in [1.82, 2.24) is 14.9 Å². The number of hydrogen-bond donors (Lipinski definition) is 2. The molecule has 1 heterocycles. The number of aliphatic carboxylic acids is 1.